The van der Waals surface area contributed by atoms with Crippen molar-refractivity contribution in [2.45, 2.75) is 39.7 Å². The van der Waals surface area contributed by atoms with Gasteiger partial charge in [-0.3, -0.25) is 4.79 Å². The van der Waals surface area contributed by atoms with Gasteiger partial charge in [0.05, 0.1) is 0 Å². The van der Waals surface area contributed by atoms with Gasteiger partial charge in [0.2, 0.25) is 0 Å². The Morgan fingerprint density at radius 3 is 2.25 bits per heavy atom. The molecule has 0 rings (SSSR count). The van der Waals surface area contributed by atoms with Gasteiger partial charge in [0.1, 0.15) is 6.04 Å². The number of nitrogens with two attached hydrogens (primary N) is 1. The molecule has 0 saturated heterocycles. The number of hydrogen-bond donors (Lipinski definition) is 2. The Hall–Kier alpha value is -0.280. The maximum absolute atomic E-state index is 10.4. The molecule has 3 N–H and O–H groups in total. The van der Waals surface area contributed by atoms with Crippen LogP contribution in [0.25, 0.3) is 0 Å². The van der Waals surface area contributed by atoms with Crippen LogP contribution in [0.1, 0.15) is 33.6 Å². The maximum atomic E-state index is 10.4. The van der Waals surface area contributed by atoms with Crippen LogP contribution >= 0.6 is 12.4 Å². The summed E-state index contributed by atoms with van der Waals surface area (Å²) in [5.74, 6) is -0.911. The molecular formula is C8H18ClNO2. The average Bonchev–Trinajstić information content (AvgIpc) is 1.87. The second kappa shape index (κ2) is 5.38. The Morgan fingerprint density at radius 2 is 2.00 bits per heavy atom. The van der Waals surface area contributed by atoms with Gasteiger partial charge in [-0.1, -0.05) is 27.2 Å². The molecule has 0 aromatic heterocycles. The molecule has 0 aromatic rings. The standard InChI is InChI=1S/C8H17NO2.ClH/c1-4-8(2,3)5-6(9)7(10)11;/h6H,4-5,9H2,1-3H3,(H,10,11);1H/t6-;/m0./s1. The zero-order valence-corrected chi connectivity index (χ0v) is 8.65. The third kappa shape index (κ3) is 5.38. The predicted octanol–water partition coefficient (Wildman–Crippen LogP) is 1.65. The average molecular weight is 196 g/mol. The number of hydrogen-bond acceptors (Lipinski definition) is 2. The molecule has 74 valence electrons. The highest BCUT2D eigenvalue weighted by Gasteiger charge is 2.22. The van der Waals surface area contributed by atoms with Crippen molar-refractivity contribution in [1.82, 2.24) is 0 Å². The van der Waals surface area contributed by atoms with E-state index in [-0.39, 0.29) is 17.8 Å². The third-order valence-corrected chi connectivity index (χ3v) is 2.05. The van der Waals surface area contributed by atoms with Crippen LogP contribution in [0.3, 0.4) is 0 Å². The maximum Gasteiger partial charge on any atom is 0.320 e. The lowest BCUT2D eigenvalue weighted by molar-refractivity contribution is -0.139. The molecule has 3 nitrogen and oxygen atoms in total. The van der Waals surface area contributed by atoms with E-state index >= 15 is 0 Å². The molecule has 0 bridgehead atoms. The molecule has 0 unspecified atom stereocenters. The third-order valence-electron chi connectivity index (χ3n) is 2.05. The minimum absolute atomic E-state index is 0. The van der Waals surface area contributed by atoms with Gasteiger partial charge in [-0.15, -0.1) is 12.4 Å². The van der Waals surface area contributed by atoms with Crippen LogP contribution in [0.5, 0.6) is 0 Å². The fraction of sp³-hybridized carbons (Fsp3) is 0.875. The molecule has 0 aromatic carbocycles. The second-order valence-corrected chi connectivity index (χ2v) is 3.67. The predicted molar refractivity (Wildman–Crippen MR) is 51.5 cm³/mol. The highest BCUT2D eigenvalue weighted by molar-refractivity contribution is 5.85. The number of halogens is 1. The van der Waals surface area contributed by atoms with Gasteiger partial charge >= 0.3 is 5.97 Å². The lowest BCUT2D eigenvalue weighted by Crippen LogP contribution is -2.34. The molecule has 4 heteroatoms. The van der Waals surface area contributed by atoms with Crippen LogP contribution in [-0.2, 0) is 4.79 Å². The lowest BCUT2D eigenvalue weighted by Gasteiger charge is -2.24. The first-order valence-corrected chi connectivity index (χ1v) is 3.87. The van der Waals surface area contributed by atoms with Gasteiger partial charge in [-0.05, 0) is 11.8 Å². The summed E-state index contributed by atoms with van der Waals surface area (Å²) in [7, 11) is 0. The Balaban J connectivity index is 0. The summed E-state index contributed by atoms with van der Waals surface area (Å²) in [6.07, 6.45) is 1.49. The van der Waals surface area contributed by atoms with Crippen molar-refractivity contribution in [2.75, 3.05) is 0 Å². The number of carbonyl (C=O) groups is 1. The molecule has 0 radical (unpaired) electrons. The first kappa shape index (κ1) is 14.3. The summed E-state index contributed by atoms with van der Waals surface area (Å²) >= 11 is 0. The van der Waals surface area contributed by atoms with E-state index in [4.69, 9.17) is 10.8 Å². The topological polar surface area (TPSA) is 63.3 Å². The first-order chi connectivity index (χ1) is 4.89. The summed E-state index contributed by atoms with van der Waals surface area (Å²) < 4.78 is 0. The molecule has 0 aliphatic rings. The highest BCUT2D eigenvalue weighted by atomic mass is 35.5. The van der Waals surface area contributed by atoms with Crippen molar-refractivity contribution in [3.05, 3.63) is 0 Å². The molecule has 12 heavy (non-hydrogen) atoms. The van der Waals surface area contributed by atoms with E-state index in [0.29, 0.717) is 6.42 Å². The summed E-state index contributed by atoms with van der Waals surface area (Å²) in [5.41, 5.74) is 5.42. The van der Waals surface area contributed by atoms with Crippen LogP contribution in [-0.4, -0.2) is 17.1 Å². The fourth-order valence-electron chi connectivity index (χ4n) is 0.827. The Labute approximate surface area is 79.7 Å². The van der Waals surface area contributed by atoms with Gasteiger partial charge in [0, 0.05) is 0 Å². The van der Waals surface area contributed by atoms with Crippen molar-refractivity contribution >= 4 is 18.4 Å². The zero-order valence-electron chi connectivity index (χ0n) is 7.83. The molecular weight excluding hydrogens is 178 g/mol. The number of rotatable bonds is 4. The summed E-state index contributed by atoms with van der Waals surface area (Å²) in [5, 5.41) is 8.52. The second-order valence-electron chi connectivity index (χ2n) is 3.67. The Bertz CT molecular complexity index is 148. The summed E-state index contributed by atoms with van der Waals surface area (Å²) in [6.45, 7) is 6.08. The van der Waals surface area contributed by atoms with Crippen LogP contribution in [0, 0.1) is 5.41 Å². The van der Waals surface area contributed by atoms with Crippen molar-refractivity contribution in [1.29, 1.82) is 0 Å². The van der Waals surface area contributed by atoms with Crippen LogP contribution in [0.15, 0.2) is 0 Å². The van der Waals surface area contributed by atoms with Gasteiger partial charge in [0.25, 0.3) is 0 Å². The van der Waals surface area contributed by atoms with Gasteiger partial charge in [0.15, 0.2) is 0 Å². The fourth-order valence-corrected chi connectivity index (χ4v) is 0.827. The molecule has 0 fully saturated rings. The molecule has 0 amide bonds. The molecule has 0 aliphatic heterocycles. The van der Waals surface area contributed by atoms with Gasteiger partial charge in [-0.25, -0.2) is 0 Å². The number of aliphatic carboxylic acids is 1. The first-order valence-electron chi connectivity index (χ1n) is 3.87. The van der Waals surface area contributed by atoms with E-state index in [1.54, 1.807) is 0 Å². The quantitative estimate of drug-likeness (QED) is 0.717. The van der Waals surface area contributed by atoms with Crippen molar-refractivity contribution in [3.8, 4) is 0 Å². The van der Waals surface area contributed by atoms with Crippen molar-refractivity contribution < 1.29 is 9.90 Å². The number of carboxylic acid groups (broad SMARTS) is 1. The molecule has 0 spiro atoms. The zero-order chi connectivity index (χ0) is 9.07. The van der Waals surface area contributed by atoms with Gasteiger partial charge in [-0.2, -0.15) is 0 Å². The minimum Gasteiger partial charge on any atom is -0.480 e. The van der Waals surface area contributed by atoms with Crippen molar-refractivity contribution in [3.63, 3.8) is 0 Å². The van der Waals surface area contributed by atoms with E-state index in [1.165, 1.54) is 0 Å². The molecule has 0 saturated carbocycles. The molecule has 0 aliphatic carbocycles. The monoisotopic (exact) mass is 195 g/mol. The van der Waals surface area contributed by atoms with E-state index in [2.05, 4.69) is 0 Å². The van der Waals surface area contributed by atoms with E-state index < -0.39 is 12.0 Å². The van der Waals surface area contributed by atoms with E-state index in [1.807, 2.05) is 20.8 Å². The highest BCUT2D eigenvalue weighted by Crippen LogP contribution is 2.25. The van der Waals surface area contributed by atoms with Gasteiger partial charge < -0.3 is 10.8 Å². The van der Waals surface area contributed by atoms with E-state index in [0.717, 1.165) is 6.42 Å². The Morgan fingerprint density at radius 1 is 1.58 bits per heavy atom. The van der Waals surface area contributed by atoms with E-state index in [9.17, 15) is 4.79 Å². The number of carboxylic acids is 1. The Kier molecular flexibility index (Phi) is 6.39. The van der Waals surface area contributed by atoms with Crippen LogP contribution in [0.4, 0.5) is 0 Å². The van der Waals surface area contributed by atoms with Crippen LogP contribution < -0.4 is 5.73 Å². The molecule has 1 atom stereocenters. The SMILES string of the molecule is CCC(C)(C)C[C@H](N)C(=O)O.Cl. The normalized spacial score (nSPS) is 13.3. The van der Waals surface area contributed by atoms with Crippen LogP contribution in [0.2, 0.25) is 0 Å². The largest absolute Gasteiger partial charge is 0.480 e. The lowest BCUT2D eigenvalue weighted by atomic mass is 9.83. The smallest absolute Gasteiger partial charge is 0.320 e. The van der Waals surface area contributed by atoms with Crippen molar-refractivity contribution in [2.24, 2.45) is 11.1 Å². The molecule has 0 heterocycles. The summed E-state index contributed by atoms with van der Waals surface area (Å²) in [4.78, 5) is 10.4. The summed E-state index contributed by atoms with van der Waals surface area (Å²) in [6, 6.07) is -0.718. The minimum atomic E-state index is -0.911.